The van der Waals surface area contributed by atoms with Gasteiger partial charge < -0.3 is 15.2 Å². The van der Waals surface area contributed by atoms with Crippen LogP contribution in [0.3, 0.4) is 0 Å². The van der Waals surface area contributed by atoms with Gasteiger partial charge in [0.05, 0.1) is 30.1 Å². The Balaban J connectivity index is 1.40. The van der Waals surface area contributed by atoms with Gasteiger partial charge in [-0.2, -0.15) is 0 Å². The van der Waals surface area contributed by atoms with Crippen LogP contribution in [0.15, 0.2) is 53.4 Å². The molecule has 0 radical (unpaired) electrons. The summed E-state index contributed by atoms with van der Waals surface area (Å²) in [5, 5.41) is 2.00. The number of nitrogens with zero attached hydrogens (tertiary/aromatic N) is 1. The van der Waals surface area contributed by atoms with E-state index < -0.39 is 0 Å². The predicted octanol–water partition coefficient (Wildman–Crippen LogP) is 4.94. The molecular formula is C20H22N2O2S. The minimum absolute atomic E-state index is 0.622. The quantitative estimate of drug-likeness (QED) is 0.460. The first-order valence-electron chi connectivity index (χ1n) is 8.33. The zero-order valence-electron chi connectivity index (χ0n) is 14.3. The van der Waals surface area contributed by atoms with Crippen molar-refractivity contribution in [2.45, 2.75) is 19.8 Å². The first-order valence-corrected chi connectivity index (χ1v) is 9.27. The molecule has 130 valence electrons. The number of nitrogen functional groups attached to an aromatic ring is 1. The summed E-state index contributed by atoms with van der Waals surface area (Å²) in [5.41, 5.74) is 11.7. The number of nitrogens with two attached hydrogens (primary N) is 1. The highest BCUT2D eigenvalue weighted by atomic mass is 32.1. The Morgan fingerprint density at radius 2 is 1.88 bits per heavy atom. The summed E-state index contributed by atoms with van der Waals surface area (Å²) in [4.78, 5) is 4.29. The smallest absolute Gasteiger partial charge is 0.142 e. The Morgan fingerprint density at radius 1 is 1.04 bits per heavy atom. The maximum atomic E-state index is 6.08. The molecule has 0 aliphatic carbocycles. The van der Waals surface area contributed by atoms with Crippen molar-refractivity contribution in [2.24, 2.45) is 0 Å². The van der Waals surface area contributed by atoms with E-state index in [4.69, 9.17) is 15.2 Å². The van der Waals surface area contributed by atoms with Crippen LogP contribution in [0, 0.1) is 6.92 Å². The molecule has 0 spiro atoms. The number of anilines is 1. The highest BCUT2D eigenvalue weighted by molar-refractivity contribution is 7.07. The predicted molar refractivity (Wildman–Crippen MR) is 103 cm³/mol. The Labute approximate surface area is 152 Å². The van der Waals surface area contributed by atoms with E-state index in [9.17, 15) is 0 Å². The van der Waals surface area contributed by atoms with E-state index in [1.807, 2.05) is 47.3 Å². The fourth-order valence-corrected chi connectivity index (χ4v) is 3.04. The molecular weight excluding hydrogens is 332 g/mol. The highest BCUT2D eigenvalue weighted by Gasteiger charge is 2.05. The lowest BCUT2D eigenvalue weighted by Crippen LogP contribution is -2.04. The third-order valence-electron chi connectivity index (χ3n) is 3.79. The average Bonchev–Trinajstić information content (AvgIpc) is 3.14. The molecule has 0 amide bonds. The van der Waals surface area contributed by atoms with E-state index in [0.29, 0.717) is 18.9 Å². The van der Waals surface area contributed by atoms with Crippen molar-refractivity contribution in [1.29, 1.82) is 0 Å². The van der Waals surface area contributed by atoms with Gasteiger partial charge in [0, 0.05) is 10.9 Å². The zero-order valence-corrected chi connectivity index (χ0v) is 15.1. The molecule has 1 heterocycles. The molecule has 0 saturated heterocycles. The van der Waals surface area contributed by atoms with Gasteiger partial charge in [-0.3, -0.25) is 0 Å². The van der Waals surface area contributed by atoms with Crippen molar-refractivity contribution >= 4 is 17.0 Å². The van der Waals surface area contributed by atoms with E-state index in [-0.39, 0.29) is 0 Å². The van der Waals surface area contributed by atoms with Crippen molar-refractivity contribution in [3.63, 3.8) is 0 Å². The molecule has 2 N–H and O–H groups in total. The number of aryl methyl sites for hydroxylation is 1. The SMILES string of the molecule is Cc1cccc(OCCCCOc2ccc(-c3cscn3)cc2N)c1. The molecule has 25 heavy (non-hydrogen) atoms. The molecule has 5 heteroatoms. The van der Waals surface area contributed by atoms with E-state index in [2.05, 4.69) is 18.0 Å². The van der Waals surface area contributed by atoms with Gasteiger partial charge in [0.1, 0.15) is 11.5 Å². The molecule has 0 unspecified atom stereocenters. The summed E-state index contributed by atoms with van der Waals surface area (Å²) in [5.74, 6) is 1.64. The van der Waals surface area contributed by atoms with Crippen LogP contribution in [-0.2, 0) is 0 Å². The molecule has 3 aromatic rings. The largest absolute Gasteiger partial charge is 0.494 e. The number of benzene rings is 2. The van der Waals surface area contributed by atoms with Gasteiger partial charge in [0.25, 0.3) is 0 Å². The standard InChI is InChI=1S/C20H22N2O2S/c1-15-5-4-6-17(11-15)23-9-2-3-10-24-20-8-7-16(12-18(20)21)19-13-25-14-22-19/h4-8,11-14H,2-3,9-10,21H2,1H3. The van der Waals surface area contributed by atoms with Crippen LogP contribution in [0.2, 0.25) is 0 Å². The van der Waals surface area contributed by atoms with Crippen molar-refractivity contribution in [3.8, 4) is 22.8 Å². The second-order valence-electron chi connectivity index (χ2n) is 5.85. The summed E-state index contributed by atoms with van der Waals surface area (Å²) in [7, 11) is 0. The second-order valence-corrected chi connectivity index (χ2v) is 6.57. The zero-order chi connectivity index (χ0) is 17.5. The first kappa shape index (κ1) is 17.3. The van der Waals surface area contributed by atoms with Gasteiger partial charge in [0.15, 0.2) is 0 Å². The molecule has 0 saturated carbocycles. The molecule has 0 aliphatic heterocycles. The van der Waals surface area contributed by atoms with Crippen LogP contribution in [0.1, 0.15) is 18.4 Å². The van der Waals surface area contributed by atoms with Crippen molar-refractivity contribution in [1.82, 2.24) is 4.98 Å². The fourth-order valence-electron chi connectivity index (χ4n) is 2.48. The topological polar surface area (TPSA) is 57.4 Å². The monoisotopic (exact) mass is 354 g/mol. The van der Waals surface area contributed by atoms with E-state index in [0.717, 1.165) is 35.6 Å². The van der Waals surface area contributed by atoms with Crippen molar-refractivity contribution in [2.75, 3.05) is 18.9 Å². The van der Waals surface area contributed by atoms with E-state index >= 15 is 0 Å². The molecule has 2 aromatic carbocycles. The van der Waals surface area contributed by atoms with Crippen molar-refractivity contribution in [3.05, 3.63) is 58.9 Å². The van der Waals surface area contributed by atoms with E-state index in [1.54, 1.807) is 11.3 Å². The Hall–Kier alpha value is -2.53. The summed E-state index contributed by atoms with van der Waals surface area (Å²) in [6.07, 6.45) is 1.85. The van der Waals surface area contributed by atoms with Gasteiger partial charge >= 0.3 is 0 Å². The Bertz CT molecular complexity index is 803. The third kappa shape index (κ3) is 4.97. The molecule has 1 aromatic heterocycles. The maximum absolute atomic E-state index is 6.08. The van der Waals surface area contributed by atoms with Gasteiger partial charge in [-0.05, 0) is 55.7 Å². The number of hydrogen-bond donors (Lipinski definition) is 1. The van der Waals surface area contributed by atoms with Gasteiger partial charge in [-0.1, -0.05) is 12.1 Å². The van der Waals surface area contributed by atoms with Gasteiger partial charge in [-0.25, -0.2) is 4.98 Å². The third-order valence-corrected chi connectivity index (χ3v) is 4.38. The number of rotatable bonds is 8. The molecule has 0 bridgehead atoms. The molecule has 3 rings (SSSR count). The van der Waals surface area contributed by atoms with Crippen LogP contribution >= 0.6 is 11.3 Å². The summed E-state index contributed by atoms with van der Waals surface area (Å²) in [6.45, 7) is 3.37. The molecule has 0 fully saturated rings. The first-order chi connectivity index (χ1) is 12.2. The minimum Gasteiger partial charge on any atom is -0.494 e. The minimum atomic E-state index is 0.622. The second kappa shape index (κ2) is 8.53. The van der Waals surface area contributed by atoms with Crippen LogP contribution in [-0.4, -0.2) is 18.2 Å². The van der Waals surface area contributed by atoms with Crippen molar-refractivity contribution < 1.29 is 9.47 Å². The number of thiazole rings is 1. The summed E-state index contributed by atoms with van der Waals surface area (Å²) < 4.78 is 11.5. The lowest BCUT2D eigenvalue weighted by Gasteiger charge is -2.10. The fraction of sp³-hybridized carbons (Fsp3) is 0.250. The number of aromatic nitrogens is 1. The van der Waals surface area contributed by atoms with Gasteiger partial charge in [0.2, 0.25) is 0 Å². The highest BCUT2D eigenvalue weighted by Crippen LogP contribution is 2.28. The average molecular weight is 354 g/mol. The Morgan fingerprint density at radius 3 is 2.60 bits per heavy atom. The normalized spacial score (nSPS) is 10.6. The number of ether oxygens (including phenoxy) is 2. The maximum Gasteiger partial charge on any atom is 0.142 e. The number of unbranched alkanes of at least 4 members (excludes halogenated alkanes) is 1. The lowest BCUT2D eigenvalue weighted by atomic mass is 10.1. The lowest BCUT2D eigenvalue weighted by molar-refractivity contribution is 0.267. The summed E-state index contributed by atoms with van der Waals surface area (Å²) in [6, 6.07) is 13.9. The van der Waals surface area contributed by atoms with Crippen LogP contribution in [0.25, 0.3) is 11.3 Å². The molecule has 4 nitrogen and oxygen atoms in total. The summed E-state index contributed by atoms with van der Waals surface area (Å²) >= 11 is 1.57. The van der Waals surface area contributed by atoms with Crippen LogP contribution < -0.4 is 15.2 Å². The Kier molecular flexibility index (Phi) is 5.90. The van der Waals surface area contributed by atoms with Crippen LogP contribution in [0.5, 0.6) is 11.5 Å². The van der Waals surface area contributed by atoms with Crippen LogP contribution in [0.4, 0.5) is 5.69 Å². The van der Waals surface area contributed by atoms with Gasteiger partial charge in [-0.15, -0.1) is 11.3 Å². The van der Waals surface area contributed by atoms with E-state index in [1.165, 1.54) is 5.56 Å². The molecule has 0 atom stereocenters. The molecule has 0 aliphatic rings. The number of hydrogen-bond acceptors (Lipinski definition) is 5.